The van der Waals surface area contributed by atoms with Gasteiger partial charge in [0.2, 0.25) is 0 Å². The van der Waals surface area contributed by atoms with Crippen LogP contribution in [0.3, 0.4) is 0 Å². The van der Waals surface area contributed by atoms with Gasteiger partial charge in [-0.2, -0.15) is 0 Å². The van der Waals surface area contributed by atoms with Gasteiger partial charge in [0.1, 0.15) is 5.56 Å². The average Bonchev–Trinajstić information content (AvgIpc) is 2.85. The molecule has 0 bridgehead atoms. The molecule has 4 rings (SSSR count). The number of ketones is 2. The van der Waals surface area contributed by atoms with E-state index >= 15 is 0 Å². The first kappa shape index (κ1) is 21.8. The number of para-hydroxylation sites is 1. The SMILES string of the molecule is COc1cccc(C(=O)OCC(=O)Nc2cccc3c2C(=O)c2ccccc2C3=O)c1OC. The summed E-state index contributed by atoms with van der Waals surface area (Å²) in [5.74, 6) is -1.59. The van der Waals surface area contributed by atoms with Crippen molar-refractivity contribution in [1.29, 1.82) is 0 Å². The van der Waals surface area contributed by atoms with Gasteiger partial charge in [-0.25, -0.2) is 4.79 Å². The molecule has 166 valence electrons. The standard InChI is InChI=1S/C25H19NO7/c1-31-19-12-6-10-17(24(19)32-2)25(30)33-13-20(27)26-18-11-5-9-16-21(18)23(29)15-8-4-3-7-14(15)22(16)28/h3-12H,13H2,1-2H3,(H,26,27). The minimum Gasteiger partial charge on any atom is -0.493 e. The Morgan fingerprint density at radius 3 is 2.15 bits per heavy atom. The molecule has 8 nitrogen and oxygen atoms in total. The zero-order chi connectivity index (χ0) is 23.5. The number of ether oxygens (including phenoxy) is 3. The predicted molar refractivity (Wildman–Crippen MR) is 118 cm³/mol. The van der Waals surface area contributed by atoms with E-state index in [1.807, 2.05) is 0 Å². The molecule has 1 N–H and O–H groups in total. The molecule has 0 aromatic heterocycles. The average molecular weight is 445 g/mol. The Balaban J connectivity index is 1.51. The molecule has 0 spiro atoms. The number of benzene rings is 3. The molecule has 0 radical (unpaired) electrons. The van der Waals surface area contributed by atoms with Crippen molar-refractivity contribution in [2.45, 2.75) is 0 Å². The van der Waals surface area contributed by atoms with Crippen LogP contribution in [0, 0.1) is 0 Å². The first-order chi connectivity index (χ1) is 16.0. The van der Waals surface area contributed by atoms with Crippen molar-refractivity contribution in [3.63, 3.8) is 0 Å². The third-order valence-electron chi connectivity index (χ3n) is 5.18. The summed E-state index contributed by atoms with van der Waals surface area (Å²) in [6.07, 6.45) is 0. The molecule has 0 unspecified atom stereocenters. The summed E-state index contributed by atoms with van der Waals surface area (Å²) in [7, 11) is 2.82. The number of nitrogens with one attached hydrogen (secondary N) is 1. The lowest BCUT2D eigenvalue weighted by Crippen LogP contribution is -2.26. The van der Waals surface area contributed by atoms with Gasteiger partial charge < -0.3 is 19.5 Å². The summed E-state index contributed by atoms with van der Waals surface area (Å²) in [5.41, 5.74) is 1.16. The summed E-state index contributed by atoms with van der Waals surface area (Å²) in [4.78, 5) is 50.8. The van der Waals surface area contributed by atoms with Gasteiger partial charge in [0.05, 0.1) is 25.5 Å². The van der Waals surface area contributed by atoms with Crippen LogP contribution >= 0.6 is 0 Å². The molecular formula is C25H19NO7. The summed E-state index contributed by atoms with van der Waals surface area (Å²) in [6, 6.07) is 15.8. The largest absolute Gasteiger partial charge is 0.493 e. The quantitative estimate of drug-likeness (QED) is 0.454. The molecule has 0 saturated carbocycles. The van der Waals surface area contributed by atoms with Crippen LogP contribution in [0.5, 0.6) is 11.5 Å². The molecule has 0 atom stereocenters. The fraction of sp³-hybridized carbons (Fsp3) is 0.120. The molecule has 0 heterocycles. The van der Waals surface area contributed by atoms with Crippen molar-refractivity contribution in [2.75, 3.05) is 26.1 Å². The molecule has 33 heavy (non-hydrogen) atoms. The third-order valence-corrected chi connectivity index (χ3v) is 5.18. The second-order valence-corrected chi connectivity index (χ2v) is 7.10. The zero-order valence-electron chi connectivity index (χ0n) is 17.8. The lowest BCUT2D eigenvalue weighted by atomic mass is 9.83. The number of hydrogen-bond acceptors (Lipinski definition) is 7. The Morgan fingerprint density at radius 1 is 0.788 bits per heavy atom. The van der Waals surface area contributed by atoms with Crippen LogP contribution in [0.4, 0.5) is 5.69 Å². The maximum atomic E-state index is 13.0. The van der Waals surface area contributed by atoms with Gasteiger partial charge in [0.15, 0.2) is 29.7 Å². The number of amides is 1. The van der Waals surface area contributed by atoms with Crippen molar-refractivity contribution < 1.29 is 33.4 Å². The van der Waals surface area contributed by atoms with Crippen molar-refractivity contribution in [2.24, 2.45) is 0 Å². The van der Waals surface area contributed by atoms with Crippen LogP contribution in [-0.2, 0) is 9.53 Å². The molecule has 1 aliphatic rings. The highest BCUT2D eigenvalue weighted by Crippen LogP contribution is 2.32. The van der Waals surface area contributed by atoms with E-state index in [9.17, 15) is 19.2 Å². The normalized spacial score (nSPS) is 11.8. The summed E-state index contributed by atoms with van der Waals surface area (Å²) in [5, 5.41) is 2.56. The topological polar surface area (TPSA) is 108 Å². The lowest BCUT2D eigenvalue weighted by molar-refractivity contribution is -0.119. The van der Waals surface area contributed by atoms with E-state index in [0.29, 0.717) is 11.3 Å². The molecule has 8 heteroatoms. The van der Waals surface area contributed by atoms with Crippen LogP contribution in [0.25, 0.3) is 0 Å². The Labute approximate surface area is 189 Å². The van der Waals surface area contributed by atoms with E-state index in [2.05, 4.69) is 5.32 Å². The van der Waals surface area contributed by atoms with Gasteiger partial charge in [0.25, 0.3) is 5.91 Å². The zero-order valence-corrected chi connectivity index (χ0v) is 17.8. The van der Waals surface area contributed by atoms with Crippen molar-refractivity contribution in [3.8, 4) is 11.5 Å². The van der Waals surface area contributed by atoms with Crippen LogP contribution in [0.2, 0.25) is 0 Å². The highest BCUT2D eigenvalue weighted by atomic mass is 16.5. The van der Waals surface area contributed by atoms with Gasteiger partial charge in [-0.1, -0.05) is 42.5 Å². The number of rotatable bonds is 6. The lowest BCUT2D eigenvalue weighted by Gasteiger charge is -2.20. The Bertz CT molecular complexity index is 1300. The number of carbonyl (C=O) groups is 4. The van der Waals surface area contributed by atoms with Crippen LogP contribution in [0.15, 0.2) is 60.7 Å². The Kier molecular flexibility index (Phi) is 5.91. The minimum atomic E-state index is -0.781. The molecule has 0 fully saturated rings. The van der Waals surface area contributed by atoms with Gasteiger partial charge in [-0.3, -0.25) is 14.4 Å². The van der Waals surface area contributed by atoms with Crippen LogP contribution < -0.4 is 14.8 Å². The smallest absolute Gasteiger partial charge is 0.342 e. The van der Waals surface area contributed by atoms with Crippen LogP contribution in [-0.4, -0.2) is 44.3 Å². The molecule has 1 amide bonds. The van der Waals surface area contributed by atoms with E-state index in [0.717, 1.165) is 0 Å². The van der Waals surface area contributed by atoms with Crippen LogP contribution in [0.1, 0.15) is 42.2 Å². The fourth-order valence-electron chi connectivity index (χ4n) is 3.69. The maximum Gasteiger partial charge on any atom is 0.342 e. The highest BCUT2D eigenvalue weighted by molar-refractivity contribution is 6.30. The van der Waals surface area contributed by atoms with E-state index in [-0.39, 0.29) is 45.3 Å². The molecule has 0 aliphatic heterocycles. The minimum absolute atomic E-state index is 0.0964. The number of esters is 1. The molecular weight excluding hydrogens is 426 g/mol. The third kappa shape index (κ3) is 3.94. The van der Waals surface area contributed by atoms with E-state index in [4.69, 9.17) is 14.2 Å². The first-order valence-corrected chi connectivity index (χ1v) is 9.95. The molecule has 0 saturated heterocycles. The number of hydrogen-bond donors (Lipinski definition) is 1. The number of anilines is 1. The van der Waals surface area contributed by atoms with E-state index in [1.165, 1.54) is 32.4 Å². The van der Waals surface area contributed by atoms with Crippen molar-refractivity contribution >= 4 is 29.1 Å². The summed E-state index contributed by atoms with van der Waals surface area (Å²) in [6.45, 7) is -0.610. The molecule has 3 aromatic carbocycles. The Morgan fingerprint density at radius 2 is 1.45 bits per heavy atom. The van der Waals surface area contributed by atoms with Gasteiger partial charge in [0, 0.05) is 16.7 Å². The van der Waals surface area contributed by atoms with Gasteiger partial charge in [-0.05, 0) is 18.2 Å². The van der Waals surface area contributed by atoms with Gasteiger partial charge >= 0.3 is 5.97 Å². The van der Waals surface area contributed by atoms with E-state index in [1.54, 1.807) is 42.5 Å². The fourth-order valence-corrected chi connectivity index (χ4v) is 3.69. The first-order valence-electron chi connectivity index (χ1n) is 9.95. The summed E-state index contributed by atoms with van der Waals surface area (Å²) >= 11 is 0. The second kappa shape index (κ2) is 8.96. The number of carbonyl (C=O) groups excluding carboxylic acids is 4. The molecule has 3 aromatic rings. The highest BCUT2D eigenvalue weighted by Gasteiger charge is 2.31. The Hall–Kier alpha value is -4.46. The second-order valence-electron chi connectivity index (χ2n) is 7.10. The van der Waals surface area contributed by atoms with E-state index < -0.39 is 18.5 Å². The van der Waals surface area contributed by atoms with Gasteiger partial charge in [-0.15, -0.1) is 0 Å². The number of fused-ring (bicyclic) bond motifs is 2. The molecule has 1 aliphatic carbocycles. The van der Waals surface area contributed by atoms with Crippen molar-refractivity contribution in [3.05, 3.63) is 88.5 Å². The predicted octanol–water partition coefficient (Wildman–Crippen LogP) is 3.27. The monoisotopic (exact) mass is 445 g/mol. The van der Waals surface area contributed by atoms with Crippen molar-refractivity contribution in [1.82, 2.24) is 0 Å². The summed E-state index contributed by atoms with van der Waals surface area (Å²) < 4.78 is 15.5. The number of methoxy groups -OCH3 is 2. The maximum absolute atomic E-state index is 13.0.